The quantitative estimate of drug-likeness (QED) is 0.466. The molecule has 7 heteroatoms. The van der Waals surface area contributed by atoms with Crippen LogP contribution in [0.1, 0.15) is 17.0 Å². The van der Waals surface area contributed by atoms with Crippen LogP contribution in [0.3, 0.4) is 0 Å². The molecule has 3 aromatic rings. The third-order valence-corrected chi connectivity index (χ3v) is 4.21. The predicted molar refractivity (Wildman–Crippen MR) is 115 cm³/mol. The van der Waals surface area contributed by atoms with Gasteiger partial charge < -0.3 is 19.4 Å². The van der Waals surface area contributed by atoms with E-state index in [-0.39, 0.29) is 10.9 Å². The summed E-state index contributed by atoms with van der Waals surface area (Å²) in [6, 6.07) is 16.6. The lowest BCUT2D eigenvalue weighted by Gasteiger charge is -2.11. The minimum atomic E-state index is -0.394. The molecule has 6 nitrogen and oxygen atoms in total. The van der Waals surface area contributed by atoms with Gasteiger partial charge in [-0.05, 0) is 69.1 Å². The minimum Gasteiger partial charge on any atom is -0.494 e. The van der Waals surface area contributed by atoms with Crippen LogP contribution < -0.4 is 15.4 Å². The standard InChI is InChI=1S/C21H23N3O3S/c1-24(2)12-5-13-26-17-10-8-16(9-11-17)22-21(28)23-20(25)19-14-15-6-3-4-7-18(15)27-19/h3-4,6-11,14H,5,12-13H2,1-2H3,(H2,22,23,25,28). The summed E-state index contributed by atoms with van der Waals surface area (Å²) in [6.45, 7) is 1.65. The van der Waals surface area contributed by atoms with Crippen LogP contribution in [0.25, 0.3) is 11.0 Å². The highest BCUT2D eigenvalue weighted by Crippen LogP contribution is 2.19. The second-order valence-corrected chi connectivity index (χ2v) is 6.99. The van der Waals surface area contributed by atoms with Crippen LogP contribution in [0.2, 0.25) is 0 Å². The van der Waals surface area contributed by atoms with Gasteiger partial charge in [-0.3, -0.25) is 10.1 Å². The molecule has 3 rings (SSSR count). The zero-order valence-corrected chi connectivity index (χ0v) is 16.7. The van der Waals surface area contributed by atoms with Crippen LogP contribution in [0, 0.1) is 0 Å². The Bertz CT molecular complexity index is 918. The Hall–Kier alpha value is -2.90. The van der Waals surface area contributed by atoms with Crippen molar-refractivity contribution >= 4 is 39.9 Å². The molecule has 1 aromatic heterocycles. The van der Waals surface area contributed by atoms with Gasteiger partial charge in [0.05, 0.1) is 6.61 Å². The molecular formula is C21H23N3O3S. The highest BCUT2D eigenvalue weighted by Gasteiger charge is 2.13. The predicted octanol–water partition coefficient (Wildman–Crippen LogP) is 3.89. The first kappa shape index (κ1) is 19.9. The number of fused-ring (bicyclic) bond motifs is 1. The van der Waals surface area contributed by atoms with E-state index in [1.54, 1.807) is 6.07 Å². The lowest BCUT2D eigenvalue weighted by atomic mass is 10.2. The average Bonchev–Trinajstić information content (AvgIpc) is 3.11. The fourth-order valence-electron chi connectivity index (χ4n) is 2.63. The lowest BCUT2D eigenvalue weighted by molar-refractivity contribution is 0.0953. The molecule has 0 aliphatic heterocycles. The topological polar surface area (TPSA) is 66.7 Å². The average molecular weight is 398 g/mol. The first-order chi connectivity index (χ1) is 13.5. The van der Waals surface area contributed by atoms with E-state index >= 15 is 0 Å². The van der Waals surface area contributed by atoms with Crippen molar-refractivity contribution in [3.8, 4) is 5.75 Å². The van der Waals surface area contributed by atoms with Crippen molar-refractivity contribution in [1.82, 2.24) is 10.2 Å². The molecule has 0 fully saturated rings. The molecule has 146 valence electrons. The molecule has 0 bridgehead atoms. The number of hydrogen-bond donors (Lipinski definition) is 2. The maximum absolute atomic E-state index is 12.3. The highest BCUT2D eigenvalue weighted by atomic mass is 32.1. The summed E-state index contributed by atoms with van der Waals surface area (Å²) in [5.41, 5.74) is 1.42. The maximum atomic E-state index is 12.3. The van der Waals surface area contributed by atoms with E-state index in [1.807, 2.05) is 62.6 Å². The number of nitrogens with zero attached hydrogens (tertiary/aromatic N) is 1. The minimum absolute atomic E-state index is 0.199. The first-order valence-electron chi connectivity index (χ1n) is 9.00. The number of benzene rings is 2. The molecule has 0 aliphatic carbocycles. The van der Waals surface area contributed by atoms with Gasteiger partial charge in [-0.1, -0.05) is 18.2 Å². The monoisotopic (exact) mass is 397 g/mol. The normalized spacial score (nSPS) is 10.8. The molecule has 2 N–H and O–H groups in total. The van der Waals surface area contributed by atoms with Crippen molar-refractivity contribution in [2.45, 2.75) is 6.42 Å². The van der Waals surface area contributed by atoms with Crippen LogP contribution in [-0.4, -0.2) is 43.2 Å². The van der Waals surface area contributed by atoms with Crippen LogP contribution in [-0.2, 0) is 0 Å². The van der Waals surface area contributed by atoms with Gasteiger partial charge >= 0.3 is 0 Å². The van der Waals surface area contributed by atoms with Crippen molar-refractivity contribution in [3.63, 3.8) is 0 Å². The molecule has 0 unspecified atom stereocenters. The number of carbonyl (C=O) groups is 1. The second kappa shape index (κ2) is 9.34. The number of rotatable bonds is 7. The van der Waals surface area contributed by atoms with Crippen molar-refractivity contribution in [2.75, 3.05) is 32.6 Å². The van der Waals surface area contributed by atoms with Crippen molar-refractivity contribution < 1.29 is 13.9 Å². The molecule has 0 spiro atoms. The summed E-state index contributed by atoms with van der Waals surface area (Å²) < 4.78 is 11.2. The van der Waals surface area contributed by atoms with Crippen molar-refractivity contribution in [3.05, 3.63) is 60.4 Å². The number of anilines is 1. The fraction of sp³-hybridized carbons (Fsp3) is 0.238. The smallest absolute Gasteiger partial charge is 0.293 e. The van der Waals surface area contributed by atoms with E-state index in [2.05, 4.69) is 15.5 Å². The molecule has 0 aliphatic rings. The molecule has 0 saturated carbocycles. The van der Waals surface area contributed by atoms with Crippen molar-refractivity contribution in [2.24, 2.45) is 0 Å². The fourth-order valence-corrected chi connectivity index (χ4v) is 2.84. The van der Waals surface area contributed by atoms with Gasteiger partial charge in [0.25, 0.3) is 5.91 Å². The van der Waals surface area contributed by atoms with Crippen LogP contribution in [0.15, 0.2) is 59.0 Å². The molecule has 1 amide bonds. The summed E-state index contributed by atoms with van der Waals surface area (Å²) in [5.74, 6) is 0.614. The van der Waals surface area contributed by atoms with Gasteiger partial charge in [0.1, 0.15) is 11.3 Å². The molecule has 0 saturated heterocycles. The Labute approximate surface area is 169 Å². The van der Waals surface area contributed by atoms with E-state index < -0.39 is 5.91 Å². The Kier molecular flexibility index (Phi) is 6.62. The SMILES string of the molecule is CN(C)CCCOc1ccc(NC(=S)NC(=O)c2cc3ccccc3o2)cc1. The molecule has 0 atom stereocenters. The number of para-hydroxylation sites is 1. The van der Waals surface area contributed by atoms with Gasteiger partial charge in [-0.25, -0.2) is 0 Å². The number of nitrogens with one attached hydrogen (secondary N) is 2. The zero-order valence-electron chi connectivity index (χ0n) is 15.9. The summed E-state index contributed by atoms with van der Waals surface area (Å²) in [5, 5.41) is 6.67. The molecule has 1 heterocycles. The molecular weight excluding hydrogens is 374 g/mol. The Morgan fingerprint density at radius 3 is 2.61 bits per heavy atom. The maximum Gasteiger partial charge on any atom is 0.293 e. The van der Waals surface area contributed by atoms with Crippen LogP contribution >= 0.6 is 12.2 Å². The van der Waals surface area contributed by atoms with Gasteiger partial charge in [0, 0.05) is 17.6 Å². The van der Waals surface area contributed by atoms with Crippen molar-refractivity contribution in [1.29, 1.82) is 0 Å². The van der Waals surface area contributed by atoms with Crippen LogP contribution in [0.4, 0.5) is 5.69 Å². The molecule has 28 heavy (non-hydrogen) atoms. The van der Waals surface area contributed by atoms with Gasteiger partial charge in [0.2, 0.25) is 0 Å². The summed E-state index contributed by atoms with van der Waals surface area (Å²) >= 11 is 5.22. The second-order valence-electron chi connectivity index (χ2n) is 6.59. The van der Waals surface area contributed by atoms with E-state index in [4.69, 9.17) is 21.4 Å². The number of carbonyl (C=O) groups excluding carboxylic acids is 1. The summed E-state index contributed by atoms with van der Waals surface area (Å²) in [7, 11) is 4.08. The molecule has 0 radical (unpaired) electrons. The summed E-state index contributed by atoms with van der Waals surface area (Å²) in [4.78, 5) is 14.4. The Morgan fingerprint density at radius 1 is 1.14 bits per heavy atom. The number of hydrogen-bond acceptors (Lipinski definition) is 5. The van der Waals surface area contributed by atoms with Gasteiger partial charge in [-0.2, -0.15) is 0 Å². The Morgan fingerprint density at radius 2 is 1.89 bits per heavy atom. The summed E-state index contributed by atoms with van der Waals surface area (Å²) in [6.07, 6.45) is 0.963. The zero-order chi connectivity index (χ0) is 19.9. The number of thiocarbonyl (C=S) groups is 1. The van der Waals surface area contributed by atoms with Crippen LogP contribution in [0.5, 0.6) is 5.75 Å². The highest BCUT2D eigenvalue weighted by molar-refractivity contribution is 7.80. The van der Waals surface area contributed by atoms with Gasteiger partial charge in [-0.15, -0.1) is 0 Å². The Balaban J connectivity index is 1.49. The first-order valence-corrected chi connectivity index (χ1v) is 9.40. The third-order valence-electron chi connectivity index (χ3n) is 4.01. The van der Waals surface area contributed by atoms with E-state index in [0.29, 0.717) is 12.2 Å². The lowest BCUT2D eigenvalue weighted by Crippen LogP contribution is -2.33. The molecule has 2 aromatic carbocycles. The number of ether oxygens (including phenoxy) is 1. The van der Waals surface area contributed by atoms with E-state index in [9.17, 15) is 4.79 Å². The number of amides is 1. The number of furan rings is 1. The van der Waals surface area contributed by atoms with E-state index in [1.165, 1.54) is 0 Å². The van der Waals surface area contributed by atoms with Gasteiger partial charge in [0.15, 0.2) is 10.9 Å². The largest absolute Gasteiger partial charge is 0.494 e. The third kappa shape index (κ3) is 5.55. The van der Waals surface area contributed by atoms with E-state index in [0.717, 1.165) is 29.8 Å².